The molecule has 1 aliphatic heterocycles. The zero-order chi connectivity index (χ0) is 7.84. The number of amides is 1. The lowest BCUT2D eigenvalue weighted by Crippen LogP contribution is -2.03. The van der Waals surface area contributed by atoms with Crippen LogP contribution in [0.4, 0.5) is 5.69 Å². The number of hydrogen-bond donors (Lipinski definition) is 2. The summed E-state index contributed by atoms with van der Waals surface area (Å²) in [6.45, 7) is 0. The van der Waals surface area contributed by atoms with Crippen LogP contribution in [0, 0.1) is 0 Å². The van der Waals surface area contributed by atoms with E-state index in [-0.39, 0.29) is 5.91 Å². The highest BCUT2D eigenvalue weighted by Gasteiger charge is 2.18. The quantitative estimate of drug-likeness (QED) is 0.560. The number of nitrogens with one attached hydrogen (secondary N) is 1. The second-order valence-corrected chi connectivity index (χ2v) is 3.02. The first-order valence-corrected chi connectivity index (χ1v) is 3.83. The molecule has 11 heavy (non-hydrogen) atoms. The van der Waals surface area contributed by atoms with E-state index in [4.69, 9.17) is 0 Å². The van der Waals surface area contributed by atoms with Crippen molar-refractivity contribution in [1.29, 1.82) is 0 Å². The first-order valence-electron chi connectivity index (χ1n) is 3.38. The van der Waals surface area contributed by atoms with Gasteiger partial charge in [0.25, 0.3) is 0 Å². The number of para-hydroxylation sites is 1. The summed E-state index contributed by atoms with van der Waals surface area (Å²) in [5.41, 5.74) is 1.92. The molecule has 1 aromatic carbocycles. The summed E-state index contributed by atoms with van der Waals surface area (Å²) >= 11 is 4.21. The van der Waals surface area contributed by atoms with Crippen LogP contribution >= 0.6 is 12.6 Å². The molecule has 0 unspecified atom stereocenters. The lowest BCUT2D eigenvalue weighted by Gasteiger charge is -1.99. The Morgan fingerprint density at radius 3 is 3.00 bits per heavy atom. The Bertz CT molecular complexity index is 322. The van der Waals surface area contributed by atoms with Gasteiger partial charge in [-0.2, -0.15) is 0 Å². The van der Waals surface area contributed by atoms with Crippen molar-refractivity contribution in [3.63, 3.8) is 0 Å². The van der Waals surface area contributed by atoms with Crippen molar-refractivity contribution >= 4 is 24.2 Å². The molecule has 0 saturated carbocycles. The Morgan fingerprint density at radius 1 is 1.45 bits per heavy atom. The van der Waals surface area contributed by atoms with Gasteiger partial charge in [0.1, 0.15) is 0 Å². The molecule has 2 nitrogen and oxygen atoms in total. The second-order valence-electron chi connectivity index (χ2n) is 2.54. The number of anilines is 1. The maximum Gasteiger partial charge on any atom is 0.228 e. The number of rotatable bonds is 0. The summed E-state index contributed by atoms with van der Waals surface area (Å²) in [6, 6.07) is 5.71. The van der Waals surface area contributed by atoms with Gasteiger partial charge in [-0.15, -0.1) is 12.6 Å². The lowest BCUT2D eigenvalue weighted by molar-refractivity contribution is -0.115. The molecule has 1 N–H and O–H groups in total. The molecule has 1 aromatic rings. The molecule has 0 saturated heterocycles. The highest BCUT2D eigenvalue weighted by molar-refractivity contribution is 7.80. The van der Waals surface area contributed by atoms with Crippen molar-refractivity contribution in [2.45, 2.75) is 11.3 Å². The summed E-state index contributed by atoms with van der Waals surface area (Å²) in [5, 5.41) is 2.75. The van der Waals surface area contributed by atoms with Gasteiger partial charge in [-0.25, -0.2) is 0 Å². The number of thiol groups is 1. The Hall–Kier alpha value is -0.960. The standard InChI is InChI=1S/C8H7NOS/c10-7-4-5-2-1-3-6(11)8(5)9-7/h1-3,11H,4H2,(H,9,10). The van der Waals surface area contributed by atoms with E-state index in [0.29, 0.717) is 6.42 Å². The van der Waals surface area contributed by atoms with Crippen LogP contribution in [0.25, 0.3) is 0 Å². The van der Waals surface area contributed by atoms with Gasteiger partial charge in [0.05, 0.1) is 12.1 Å². The van der Waals surface area contributed by atoms with E-state index in [1.165, 1.54) is 0 Å². The van der Waals surface area contributed by atoms with Crippen LogP contribution in [0.1, 0.15) is 5.56 Å². The summed E-state index contributed by atoms with van der Waals surface area (Å²) in [6.07, 6.45) is 0.490. The van der Waals surface area contributed by atoms with Gasteiger partial charge in [-0.1, -0.05) is 12.1 Å². The summed E-state index contributed by atoms with van der Waals surface area (Å²) < 4.78 is 0. The van der Waals surface area contributed by atoms with Crippen LogP contribution in [0.5, 0.6) is 0 Å². The van der Waals surface area contributed by atoms with Gasteiger partial charge in [0.15, 0.2) is 0 Å². The molecule has 56 valence electrons. The van der Waals surface area contributed by atoms with Crippen LogP contribution in [0.3, 0.4) is 0 Å². The number of fused-ring (bicyclic) bond motifs is 1. The molecular formula is C8H7NOS. The third-order valence-corrected chi connectivity index (χ3v) is 2.12. The molecule has 1 amide bonds. The maximum absolute atomic E-state index is 10.9. The first-order chi connectivity index (χ1) is 5.27. The first kappa shape index (κ1) is 6.73. The Labute approximate surface area is 70.0 Å². The molecule has 0 atom stereocenters. The fourth-order valence-corrected chi connectivity index (χ4v) is 1.52. The molecule has 1 aliphatic rings. The predicted molar refractivity (Wildman–Crippen MR) is 46.0 cm³/mol. The molecule has 3 heteroatoms. The van der Waals surface area contributed by atoms with Crippen molar-refractivity contribution in [2.75, 3.05) is 5.32 Å². The van der Waals surface area contributed by atoms with Crippen molar-refractivity contribution in [1.82, 2.24) is 0 Å². The Balaban J connectivity index is 2.57. The van der Waals surface area contributed by atoms with Gasteiger partial charge in [-0.05, 0) is 11.6 Å². The van der Waals surface area contributed by atoms with Crippen LogP contribution in [-0.4, -0.2) is 5.91 Å². The monoisotopic (exact) mass is 165 g/mol. The minimum Gasteiger partial charge on any atom is -0.325 e. The fraction of sp³-hybridized carbons (Fsp3) is 0.125. The van der Waals surface area contributed by atoms with Gasteiger partial charge >= 0.3 is 0 Å². The smallest absolute Gasteiger partial charge is 0.228 e. The number of carbonyl (C=O) groups excluding carboxylic acids is 1. The highest BCUT2D eigenvalue weighted by atomic mass is 32.1. The third-order valence-electron chi connectivity index (χ3n) is 1.74. The molecule has 2 rings (SSSR count). The van der Waals surface area contributed by atoms with Crippen molar-refractivity contribution < 1.29 is 4.79 Å². The second kappa shape index (κ2) is 2.27. The molecule has 0 aromatic heterocycles. The molecule has 1 heterocycles. The van der Waals surface area contributed by atoms with Gasteiger partial charge in [-0.3, -0.25) is 4.79 Å². The summed E-state index contributed by atoms with van der Waals surface area (Å²) in [7, 11) is 0. The fourth-order valence-electron chi connectivity index (χ4n) is 1.23. The summed E-state index contributed by atoms with van der Waals surface area (Å²) in [5.74, 6) is 0.0569. The van der Waals surface area contributed by atoms with Crippen molar-refractivity contribution in [2.24, 2.45) is 0 Å². The molecule has 0 fully saturated rings. The summed E-state index contributed by atoms with van der Waals surface area (Å²) in [4.78, 5) is 11.7. The van der Waals surface area contributed by atoms with Crippen LogP contribution in [0.15, 0.2) is 23.1 Å². The zero-order valence-electron chi connectivity index (χ0n) is 5.79. The normalized spacial score (nSPS) is 14.5. The van der Waals surface area contributed by atoms with Gasteiger partial charge in [0, 0.05) is 4.90 Å². The third kappa shape index (κ3) is 1.01. The van der Waals surface area contributed by atoms with Crippen LogP contribution < -0.4 is 5.32 Å². The highest BCUT2D eigenvalue weighted by Crippen LogP contribution is 2.28. The van der Waals surface area contributed by atoms with E-state index in [0.717, 1.165) is 16.1 Å². The molecular weight excluding hydrogens is 158 g/mol. The SMILES string of the molecule is O=C1Cc2cccc(S)c2N1. The average Bonchev–Trinajstić information content (AvgIpc) is 2.31. The van der Waals surface area contributed by atoms with E-state index in [9.17, 15) is 4.79 Å². The molecule has 0 aliphatic carbocycles. The Morgan fingerprint density at radius 2 is 2.27 bits per heavy atom. The number of benzene rings is 1. The molecule has 0 bridgehead atoms. The average molecular weight is 165 g/mol. The number of carbonyl (C=O) groups is 1. The van der Waals surface area contributed by atoms with E-state index in [2.05, 4.69) is 17.9 Å². The maximum atomic E-state index is 10.9. The predicted octanol–water partition coefficient (Wildman–Crippen LogP) is 1.47. The minimum absolute atomic E-state index is 0.0569. The van der Waals surface area contributed by atoms with Crippen LogP contribution in [-0.2, 0) is 11.2 Å². The topological polar surface area (TPSA) is 29.1 Å². The van der Waals surface area contributed by atoms with Crippen LogP contribution in [0.2, 0.25) is 0 Å². The van der Waals surface area contributed by atoms with Crippen molar-refractivity contribution in [3.8, 4) is 0 Å². The van der Waals surface area contributed by atoms with E-state index in [1.54, 1.807) is 0 Å². The van der Waals surface area contributed by atoms with Gasteiger partial charge in [0.2, 0.25) is 5.91 Å². The van der Waals surface area contributed by atoms with E-state index < -0.39 is 0 Å². The zero-order valence-corrected chi connectivity index (χ0v) is 6.69. The Kier molecular flexibility index (Phi) is 1.39. The lowest BCUT2D eigenvalue weighted by atomic mass is 10.2. The number of hydrogen-bond acceptors (Lipinski definition) is 2. The molecule has 0 spiro atoms. The van der Waals surface area contributed by atoms with E-state index in [1.807, 2.05) is 18.2 Å². The van der Waals surface area contributed by atoms with Gasteiger partial charge < -0.3 is 5.32 Å². The minimum atomic E-state index is 0.0569. The molecule has 0 radical (unpaired) electrons. The largest absolute Gasteiger partial charge is 0.325 e. The van der Waals surface area contributed by atoms with Crippen molar-refractivity contribution in [3.05, 3.63) is 23.8 Å². The van der Waals surface area contributed by atoms with E-state index >= 15 is 0 Å².